The Balaban J connectivity index is 0.000000264. The number of carbonyl (C=O) groups excluding carboxylic acids is 3. The minimum atomic E-state index is -1.19. The molecule has 2 saturated carbocycles. The number of nitrogens with one attached hydrogen (secondary N) is 2. The van der Waals surface area contributed by atoms with E-state index in [2.05, 4.69) is 29.1 Å². The fourth-order valence-corrected chi connectivity index (χ4v) is 5.46. The van der Waals surface area contributed by atoms with Gasteiger partial charge in [-0.3, -0.25) is 19.1 Å². The summed E-state index contributed by atoms with van der Waals surface area (Å²) < 4.78 is 27.4. The first-order valence-electron chi connectivity index (χ1n) is 14.6. The van der Waals surface area contributed by atoms with Crippen molar-refractivity contribution >= 4 is 34.4 Å². The Morgan fingerprint density at radius 2 is 1.95 bits per heavy atom. The van der Waals surface area contributed by atoms with Gasteiger partial charge >= 0.3 is 0 Å². The van der Waals surface area contributed by atoms with Crippen molar-refractivity contribution in [3.63, 3.8) is 0 Å². The molecule has 10 heteroatoms. The summed E-state index contributed by atoms with van der Waals surface area (Å²) in [6.07, 6.45) is 13.5. The van der Waals surface area contributed by atoms with Crippen molar-refractivity contribution in [3.8, 4) is 0 Å². The van der Waals surface area contributed by atoms with Crippen LogP contribution in [0.5, 0.6) is 0 Å². The maximum Gasteiger partial charge on any atom is 0.242 e. The molecule has 1 aromatic carbocycles. The van der Waals surface area contributed by atoms with Crippen molar-refractivity contribution in [2.24, 2.45) is 17.6 Å². The number of primary amides is 1. The second-order valence-electron chi connectivity index (χ2n) is 10.6. The quantitative estimate of drug-likeness (QED) is 0.242. The Kier molecular flexibility index (Phi) is 13.8. The molecule has 4 N–H and O–H groups in total. The number of halogens is 1. The normalized spacial score (nSPS) is 22.7. The molecule has 4 atom stereocenters. The van der Waals surface area contributed by atoms with Gasteiger partial charge in [-0.25, -0.2) is 8.60 Å². The van der Waals surface area contributed by atoms with Gasteiger partial charge in [-0.1, -0.05) is 51.8 Å². The Hall–Kier alpha value is -2.75. The molecule has 224 valence electrons. The Labute approximate surface area is 241 Å². The summed E-state index contributed by atoms with van der Waals surface area (Å²) >= 11 is 0. The summed E-state index contributed by atoms with van der Waals surface area (Å²) in [5.74, 6) is -0.621. The van der Waals surface area contributed by atoms with E-state index in [0.717, 1.165) is 32.1 Å². The molecular formula is C30H47FN4O4S. The lowest BCUT2D eigenvalue weighted by Gasteiger charge is -2.22. The van der Waals surface area contributed by atoms with Gasteiger partial charge < -0.3 is 16.0 Å². The van der Waals surface area contributed by atoms with E-state index in [1.54, 1.807) is 12.1 Å². The SMILES string of the molecule is CC.CCCCC/C=C\C1C[C@@H]1C(=O)NS(=O)C1(C)CC1.NC(=O)[C@@H]1CCCN1C(=O)CNc1cccc(F)c1. The van der Waals surface area contributed by atoms with Crippen LogP contribution in [0.4, 0.5) is 10.1 Å². The molecule has 2 aliphatic carbocycles. The van der Waals surface area contributed by atoms with Crippen LogP contribution in [-0.4, -0.2) is 50.7 Å². The zero-order chi connectivity index (χ0) is 29.7. The average Bonchev–Trinajstić information content (AvgIpc) is 3.83. The van der Waals surface area contributed by atoms with Gasteiger partial charge in [0.2, 0.25) is 17.7 Å². The highest BCUT2D eigenvalue weighted by Gasteiger charge is 2.47. The highest BCUT2D eigenvalue weighted by atomic mass is 32.2. The largest absolute Gasteiger partial charge is 0.376 e. The van der Waals surface area contributed by atoms with Gasteiger partial charge in [-0.05, 0) is 76.0 Å². The summed E-state index contributed by atoms with van der Waals surface area (Å²) in [4.78, 5) is 36.6. The number of allylic oxidation sites excluding steroid dienone is 2. The number of hydrogen-bond donors (Lipinski definition) is 3. The standard InChI is InChI=1S/C15H25NO2S.C13H16FN3O2.C2H6/c1-3-4-5-6-7-8-12-11-13(12)14(17)16-19(18)15(2)9-10-15;14-9-3-1-4-10(7-9)16-8-12(18)17-6-2-5-11(17)13(15)19;1-2/h7-8,12-13H,3-6,9-11H2,1-2H3,(H,16,17);1,3-4,7,11,16H,2,5-6,8H2,(H2,15,19);1-2H3/b8-7-;;/t12?,13-,19?;11-;/m00./s1. The molecule has 0 aromatic heterocycles. The van der Waals surface area contributed by atoms with E-state index in [0.29, 0.717) is 24.6 Å². The molecule has 2 unspecified atom stereocenters. The van der Waals surface area contributed by atoms with Gasteiger partial charge in [0.25, 0.3) is 0 Å². The van der Waals surface area contributed by atoms with Crippen LogP contribution in [0.25, 0.3) is 0 Å². The molecule has 1 aliphatic heterocycles. The third-order valence-corrected chi connectivity index (χ3v) is 8.99. The van der Waals surface area contributed by atoms with Crippen molar-refractivity contribution in [2.45, 2.75) is 96.3 Å². The maximum atomic E-state index is 13.0. The molecule has 0 radical (unpaired) electrons. The van der Waals surface area contributed by atoms with Gasteiger partial charge in [0, 0.05) is 18.2 Å². The monoisotopic (exact) mass is 578 g/mol. The van der Waals surface area contributed by atoms with Crippen LogP contribution in [0.2, 0.25) is 0 Å². The number of nitrogens with zero attached hydrogens (tertiary/aromatic N) is 1. The molecule has 4 rings (SSSR count). The van der Waals surface area contributed by atoms with E-state index in [-0.39, 0.29) is 34.8 Å². The van der Waals surface area contributed by atoms with E-state index >= 15 is 0 Å². The van der Waals surface area contributed by atoms with Crippen LogP contribution in [-0.2, 0) is 25.4 Å². The first kappa shape index (κ1) is 33.5. The number of likely N-dealkylation sites (tertiary alicyclic amines) is 1. The van der Waals surface area contributed by atoms with Crippen LogP contribution in [0.1, 0.15) is 85.5 Å². The first-order valence-corrected chi connectivity index (χ1v) is 15.8. The van der Waals surface area contributed by atoms with Crippen molar-refractivity contribution in [2.75, 3.05) is 18.4 Å². The molecule has 0 spiro atoms. The van der Waals surface area contributed by atoms with Crippen LogP contribution in [0.3, 0.4) is 0 Å². The highest BCUT2D eigenvalue weighted by Crippen LogP contribution is 2.42. The number of carbonyl (C=O) groups is 3. The van der Waals surface area contributed by atoms with E-state index in [4.69, 9.17) is 5.73 Å². The smallest absolute Gasteiger partial charge is 0.242 e. The first-order chi connectivity index (χ1) is 19.1. The Morgan fingerprint density at radius 3 is 2.58 bits per heavy atom. The van der Waals surface area contributed by atoms with Gasteiger partial charge in [0.15, 0.2) is 0 Å². The van der Waals surface area contributed by atoms with Gasteiger partial charge in [0.1, 0.15) is 22.8 Å². The summed E-state index contributed by atoms with van der Waals surface area (Å²) in [6, 6.07) is 5.36. The minimum Gasteiger partial charge on any atom is -0.376 e. The number of nitrogens with two attached hydrogens (primary N) is 1. The van der Waals surface area contributed by atoms with Crippen LogP contribution < -0.4 is 15.8 Å². The second-order valence-corrected chi connectivity index (χ2v) is 12.4. The van der Waals surface area contributed by atoms with Crippen molar-refractivity contribution < 1.29 is 23.0 Å². The lowest BCUT2D eigenvalue weighted by Crippen LogP contribution is -2.45. The number of benzene rings is 1. The lowest BCUT2D eigenvalue weighted by atomic mass is 10.2. The van der Waals surface area contributed by atoms with Crippen molar-refractivity contribution in [1.82, 2.24) is 9.62 Å². The van der Waals surface area contributed by atoms with E-state index < -0.39 is 22.9 Å². The van der Waals surface area contributed by atoms with E-state index in [1.165, 1.54) is 36.3 Å². The molecule has 8 nitrogen and oxygen atoms in total. The number of amides is 3. The number of unbranched alkanes of at least 4 members (excludes halogenated alkanes) is 3. The van der Waals surface area contributed by atoms with E-state index in [1.807, 2.05) is 20.8 Å². The molecule has 1 saturated heterocycles. The number of rotatable bonds is 12. The van der Waals surface area contributed by atoms with Crippen molar-refractivity contribution in [1.29, 1.82) is 0 Å². The zero-order valence-corrected chi connectivity index (χ0v) is 25.2. The average molecular weight is 579 g/mol. The lowest BCUT2D eigenvalue weighted by molar-refractivity contribution is -0.135. The fraction of sp³-hybridized carbons (Fsp3) is 0.633. The molecule has 1 heterocycles. The van der Waals surface area contributed by atoms with E-state index in [9.17, 15) is 23.0 Å². The maximum absolute atomic E-state index is 13.0. The summed E-state index contributed by atoms with van der Waals surface area (Å²) in [7, 11) is -1.19. The number of anilines is 1. The van der Waals surface area contributed by atoms with Gasteiger partial charge in [-0.15, -0.1) is 0 Å². The molecule has 1 aromatic rings. The number of hydrogen-bond acceptors (Lipinski definition) is 5. The highest BCUT2D eigenvalue weighted by molar-refractivity contribution is 7.85. The predicted octanol–water partition coefficient (Wildman–Crippen LogP) is 4.83. The van der Waals surface area contributed by atoms with Crippen molar-refractivity contribution in [3.05, 3.63) is 42.2 Å². The minimum absolute atomic E-state index is 0.0188. The molecule has 40 heavy (non-hydrogen) atoms. The molecular weight excluding hydrogens is 531 g/mol. The summed E-state index contributed by atoms with van der Waals surface area (Å²) in [5.41, 5.74) is 5.78. The van der Waals surface area contributed by atoms with Gasteiger partial charge in [0.05, 0.1) is 11.3 Å². The van der Waals surface area contributed by atoms with Crippen LogP contribution >= 0.6 is 0 Å². The Morgan fingerprint density at radius 1 is 1.23 bits per heavy atom. The molecule has 0 bridgehead atoms. The van der Waals surface area contributed by atoms with Crippen LogP contribution in [0.15, 0.2) is 36.4 Å². The fourth-order valence-electron chi connectivity index (χ4n) is 4.40. The summed E-state index contributed by atoms with van der Waals surface area (Å²) in [5, 5.41) is 2.84. The molecule has 3 amide bonds. The third kappa shape index (κ3) is 10.7. The summed E-state index contributed by atoms with van der Waals surface area (Å²) in [6.45, 7) is 8.73. The molecule has 3 fully saturated rings. The topological polar surface area (TPSA) is 122 Å². The third-order valence-electron chi connectivity index (χ3n) is 7.30. The second kappa shape index (κ2) is 16.5. The predicted molar refractivity (Wildman–Crippen MR) is 159 cm³/mol. The van der Waals surface area contributed by atoms with Crippen LogP contribution in [0, 0.1) is 17.7 Å². The zero-order valence-electron chi connectivity index (χ0n) is 24.4. The van der Waals surface area contributed by atoms with Gasteiger partial charge in [-0.2, -0.15) is 0 Å². The molecule has 3 aliphatic rings. The Bertz CT molecular complexity index is 1050.